The van der Waals surface area contributed by atoms with E-state index >= 15 is 0 Å². The average molecular weight is 855 g/mol. The molecule has 0 saturated carbocycles. The van der Waals surface area contributed by atoms with Gasteiger partial charge in [0.25, 0.3) is 0 Å². The third-order valence-electron chi connectivity index (χ3n) is 13.4. The zero-order valence-corrected chi connectivity index (χ0v) is 36.6. The predicted octanol–water partition coefficient (Wildman–Crippen LogP) is 18.0. The van der Waals surface area contributed by atoms with Crippen LogP contribution in [0, 0.1) is 0 Å². The van der Waals surface area contributed by atoms with Crippen LogP contribution in [0.5, 0.6) is 0 Å². The lowest BCUT2D eigenvalue weighted by molar-refractivity contribution is 0.669. The van der Waals surface area contributed by atoms with Gasteiger partial charge in [0.05, 0.1) is 16.7 Å². The molecule has 0 bridgehead atoms. The van der Waals surface area contributed by atoms with Gasteiger partial charge in [0.1, 0.15) is 11.2 Å². The number of hydrogen-bond donors (Lipinski definition) is 0. The Morgan fingerprint density at radius 2 is 0.851 bits per heavy atom. The van der Waals surface area contributed by atoms with Crippen molar-refractivity contribution in [2.24, 2.45) is 0 Å². The van der Waals surface area contributed by atoms with Crippen LogP contribution in [0.15, 0.2) is 259 Å². The Kier molecular flexibility index (Phi) is 9.17. The van der Waals surface area contributed by atoms with E-state index in [0.717, 1.165) is 83.6 Å². The molecule has 0 unspecified atom stereocenters. The third kappa shape index (κ3) is 6.67. The molecule has 0 aliphatic heterocycles. The molecule has 13 rings (SSSR count). The molecule has 13 aromatic rings. The van der Waals surface area contributed by atoms with Crippen molar-refractivity contribution in [2.75, 3.05) is 4.90 Å². The van der Waals surface area contributed by atoms with Crippen molar-refractivity contribution in [3.05, 3.63) is 255 Å². The fraction of sp³-hybridized carbons (Fsp3) is 0. The SMILES string of the molecule is c1ccc(-c2ccc(-c3ccc4ccccc4c3)cc2N(c2ccc(-c3cccc(-n4c5ccccc5c5ccccc54)c3)cc2)c2ccc(-c3cccc4oc5ccccc5c34)cc2)cc1. The summed E-state index contributed by atoms with van der Waals surface area (Å²) in [6, 6.07) is 92.1. The van der Waals surface area contributed by atoms with Crippen molar-refractivity contribution in [1.29, 1.82) is 0 Å². The molecule has 3 heteroatoms. The molecule has 314 valence electrons. The molecule has 2 heterocycles. The lowest BCUT2D eigenvalue weighted by atomic mass is 9.95. The van der Waals surface area contributed by atoms with Crippen LogP contribution >= 0.6 is 0 Å². The Hall–Kier alpha value is -8.92. The van der Waals surface area contributed by atoms with Gasteiger partial charge in [0, 0.05) is 44.2 Å². The number of benzene rings is 11. The number of aromatic nitrogens is 1. The summed E-state index contributed by atoms with van der Waals surface area (Å²) >= 11 is 0. The summed E-state index contributed by atoms with van der Waals surface area (Å²) in [6.45, 7) is 0. The van der Waals surface area contributed by atoms with E-state index in [-0.39, 0.29) is 0 Å². The lowest BCUT2D eigenvalue weighted by Gasteiger charge is -2.29. The zero-order valence-electron chi connectivity index (χ0n) is 36.6. The summed E-state index contributed by atoms with van der Waals surface area (Å²) < 4.78 is 8.70. The van der Waals surface area contributed by atoms with Crippen LogP contribution in [0.25, 0.3) is 105 Å². The average Bonchev–Trinajstić information content (AvgIpc) is 3.96. The molecule has 0 spiro atoms. The quantitative estimate of drug-likeness (QED) is 0.152. The van der Waals surface area contributed by atoms with Crippen molar-refractivity contribution in [3.63, 3.8) is 0 Å². The Morgan fingerprint density at radius 1 is 0.313 bits per heavy atom. The number of fused-ring (bicyclic) bond motifs is 7. The van der Waals surface area contributed by atoms with E-state index in [0.29, 0.717) is 0 Å². The van der Waals surface area contributed by atoms with Crippen LogP contribution in [0.1, 0.15) is 0 Å². The molecule has 3 nitrogen and oxygen atoms in total. The number of nitrogens with zero attached hydrogens (tertiary/aromatic N) is 2. The molecular weight excluding hydrogens is 813 g/mol. The van der Waals surface area contributed by atoms with Gasteiger partial charge in [-0.2, -0.15) is 0 Å². The largest absolute Gasteiger partial charge is 0.456 e. The van der Waals surface area contributed by atoms with Crippen LogP contribution in [-0.4, -0.2) is 4.57 Å². The number of anilines is 3. The second-order valence-electron chi connectivity index (χ2n) is 17.3. The topological polar surface area (TPSA) is 21.3 Å². The molecule has 0 saturated heterocycles. The van der Waals surface area contributed by atoms with Crippen LogP contribution in [0.4, 0.5) is 17.1 Å². The van der Waals surface area contributed by atoms with Gasteiger partial charge in [-0.05, 0) is 123 Å². The molecule has 0 aliphatic rings. The van der Waals surface area contributed by atoms with Crippen molar-refractivity contribution in [2.45, 2.75) is 0 Å². The van der Waals surface area contributed by atoms with Gasteiger partial charge >= 0.3 is 0 Å². The van der Waals surface area contributed by atoms with Crippen LogP contribution in [0.3, 0.4) is 0 Å². The fourth-order valence-corrected chi connectivity index (χ4v) is 10.2. The van der Waals surface area contributed by atoms with Gasteiger partial charge in [-0.3, -0.25) is 0 Å². The summed E-state index contributed by atoms with van der Waals surface area (Å²) in [5.74, 6) is 0. The summed E-state index contributed by atoms with van der Waals surface area (Å²) in [6.07, 6.45) is 0. The highest BCUT2D eigenvalue weighted by molar-refractivity contribution is 6.12. The van der Waals surface area contributed by atoms with E-state index in [4.69, 9.17) is 4.42 Å². The molecule has 0 atom stereocenters. The van der Waals surface area contributed by atoms with Gasteiger partial charge in [0.15, 0.2) is 0 Å². The maximum Gasteiger partial charge on any atom is 0.136 e. The summed E-state index contributed by atoms with van der Waals surface area (Å²) in [7, 11) is 0. The molecule has 0 fully saturated rings. The van der Waals surface area contributed by atoms with E-state index in [1.54, 1.807) is 0 Å². The van der Waals surface area contributed by atoms with Gasteiger partial charge in [-0.25, -0.2) is 0 Å². The molecule has 11 aromatic carbocycles. The Labute approximate surface area is 388 Å². The second-order valence-corrected chi connectivity index (χ2v) is 17.3. The normalized spacial score (nSPS) is 11.6. The Bertz CT molecular complexity index is 3920. The minimum absolute atomic E-state index is 0.892. The predicted molar refractivity (Wildman–Crippen MR) is 282 cm³/mol. The van der Waals surface area contributed by atoms with Crippen molar-refractivity contribution < 1.29 is 4.42 Å². The van der Waals surface area contributed by atoms with Gasteiger partial charge in [-0.1, -0.05) is 182 Å². The standard InChI is InChI=1S/C64H42N2O/c1-2-15-45(16-3-1)54-39-34-50(49-29-28-43-14-4-5-17-47(43)40-49)42-61(54)65(52-37-32-46(33-38-52)55-23-13-27-63-64(55)58-22-8-11-26-62(58)67-63)51-35-30-44(31-36-51)48-18-12-19-53(41-48)66-59-24-9-6-20-56(59)57-21-7-10-25-60(57)66/h1-42H. The van der Waals surface area contributed by atoms with Gasteiger partial charge in [-0.15, -0.1) is 0 Å². The molecule has 0 amide bonds. The first kappa shape index (κ1) is 38.5. The molecule has 2 aromatic heterocycles. The molecule has 0 aliphatic carbocycles. The first-order valence-corrected chi connectivity index (χ1v) is 22.9. The van der Waals surface area contributed by atoms with Crippen LogP contribution in [0.2, 0.25) is 0 Å². The summed E-state index contributed by atoms with van der Waals surface area (Å²) in [5.41, 5.74) is 17.8. The minimum atomic E-state index is 0.892. The highest BCUT2D eigenvalue weighted by Gasteiger charge is 2.21. The van der Waals surface area contributed by atoms with Crippen molar-refractivity contribution >= 4 is 71.6 Å². The number of rotatable bonds is 8. The molecule has 0 radical (unpaired) electrons. The van der Waals surface area contributed by atoms with E-state index in [9.17, 15) is 0 Å². The molecule has 0 N–H and O–H groups in total. The Balaban J connectivity index is 0.962. The zero-order chi connectivity index (χ0) is 44.3. The highest BCUT2D eigenvalue weighted by Crippen LogP contribution is 2.45. The summed E-state index contributed by atoms with van der Waals surface area (Å²) in [4.78, 5) is 2.42. The Morgan fingerprint density at radius 3 is 1.61 bits per heavy atom. The number of hydrogen-bond acceptors (Lipinski definition) is 2. The van der Waals surface area contributed by atoms with E-state index in [1.807, 2.05) is 12.1 Å². The van der Waals surface area contributed by atoms with Gasteiger partial charge in [0.2, 0.25) is 0 Å². The first-order chi connectivity index (χ1) is 33.2. The van der Waals surface area contributed by atoms with E-state index in [2.05, 4.69) is 252 Å². The van der Waals surface area contributed by atoms with Gasteiger partial charge < -0.3 is 13.9 Å². The van der Waals surface area contributed by atoms with E-state index in [1.165, 1.54) is 38.1 Å². The molecular formula is C64H42N2O. The lowest BCUT2D eigenvalue weighted by Crippen LogP contribution is -2.11. The minimum Gasteiger partial charge on any atom is -0.456 e. The van der Waals surface area contributed by atoms with Crippen molar-refractivity contribution in [3.8, 4) is 50.2 Å². The number of furan rings is 1. The van der Waals surface area contributed by atoms with Crippen LogP contribution in [-0.2, 0) is 0 Å². The smallest absolute Gasteiger partial charge is 0.136 e. The monoisotopic (exact) mass is 854 g/mol. The molecule has 67 heavy (non-hydrogen) atoms. The summed E-state index contributed by atoms with van der Waals surface area (Å²) in [5, 5.41) is 7.22. The maximum absolute atomic E-state index is 6.31. The van der Waals surface area contributed by atoms with E-state index < -0.39 is 0 Å². The van der Waals surface area contributed by atoms with Crippen LogP contribution < -0.4 is 4.90 Å². The number of para-hydroxylation sites is 3. The second kappa shape index (κ2) is 16.0. The highest BCUT2D eigenvalue weighted by atomic mass is 16.3. The third-order valence-corrected chi connectivity index (χ3v) is 13.4. The maximum atomic E-state index is 6.31. The first-order valence-electron chi connectivity index (χ1n) is 22.9. The van der Waals surface area contributed by atoms with Crippen molar-refractivity contribution in [1.82, 2.24) is 4.57 Å². The fourth-order valence-electron chi connectivity index (χ4n) is 10.2.